The SMILES string of the molecule is CCN=C(NCC)N/N=C\c1ccc(OCc2c[n+]3ccccc3n2C)cc1. The van der Waals surface area contributed by atoms with E-state index in [4.69, 9.17) is 4.74 Å². The highest BCUT2D eigenvalue weighted by molar-refractivity contribution is 5.83. The maximum absolute atomic E-state index is 5.94. The summed E-state index contributed by atoms with van der Waals surface area (Å²) in [4.78, 5) is 4.29. The first-order chi connectivity index (χ1) is 13.7. The van der Waals surface area contributed by atoms with Crippen molar-refractivity contribution in [1.82, 2.24) is 15.3 Å². The average molecular weight is 379 g/mol. The van der Waals surface area contributed by atoms with E-state index in [9.17, 15) is 0 Å². The lowest BCUT2D eigenvalue weighted by Crippen LogP contribution is -2.34. The highest BCUT2D eigenvalue weighted by atomic mass is 16.5. The van der Waals surface area contributed by atoms with Gasteiger partial charge in [-0.3, -0.25) is 4.99 Å². The highest BCUT2D eigenvalue weighted by Crippen LogP contribution is 2.14. The number of benzene rings is 1. The number of aryl methyl sites for hydroxylation is 1. The van der Waals surface area contributed by atoms with E-state index in [-0.39, 0.29) is 0 Å². The molecule has 146 valence electrons. The molecule has 0 unspecified atom stereocenters. The maximum atomic E-state index is 5.94. The Hall–Kier alpha value is -3.35. The number of fused-ring (bicyclic) bond motifs is 1. The molecule has 0 aliphatic rings. The molecule has 3 aromatic rings. The molecule has 28 heavy (non-hydrogen) atoms. The molecule has 0 aliphatic heterocycles. The maximum Gasteiger partial charge on any atom is 0.286 e. The Labute approximate surface area is 165 Å². The standard InChI is InChI=1S/C21H27N6O/c1-4-22-21(23-5-2)25-24-14-17-9-11-19(12-10-17)28-16-18-15-27-13-7-6-8-20(27)26(18)3/h6-15H,4-5,16H2,1-3H3,(H2,22,23,25)/q+1/b24-14-. The predicted molar refractivity (Wildman–Crippen MR) is 112 cm³/mol. The van der Waals surface area contributed by atoms with Crippen molar-refractivity contribution in [2.75, 3.05) is 13.1 Å². The fraction of sp³-hybridized carbons (Fsp3) is 0.286. The van der Waals surface area contributed by atoms with Crippen LogP contribution in [0.2, 0.25) is 0 Å². The number of imidazole rings is 1. The summed E-state index contributed by atoms with van der Waals surface area (Å²) in [5.41, 5.74) is 6.13. The zero-order valence-corrected chi connectivity index (χ0v) is 16.6. The van der Waals surface area contributed by atoms with Crippen LogP contribution in [0.1, 0.15) is 25.1 Å². The Bertz CT molecular complexity index is 959. The second-order valence-electron chi connectivity index (χ2n) is 6.23. The topological polar surface area (TPSA) is 67.0 Å². The molecule has 0 aliphatic carbocycles. The number of pyridine rings is 1. The molecule has 2 heterocycles. The van der Waals surface area contributed by atoms with Crippen LogP contribution < -0.4 is 19.9 Å². The van der Waals surface area contributed by atoms with Gasteiger partial charge in [-0.1, -0.05) is 6.07 Å². The molecular weight excluding hydrogens is 352 g/mol. The Morgan fingerprint density at radius 1 is 1.18 bits per heavy atom. The lowest BCUT2D eigenvalue weighted by molar-refractivity contribution is -0.511. The minimum atomic E-state index is 0.507. The van der Waals surface area contributed by atoms with Crippen molar-refractivity contribution in [3.8, 4) is 5.75 Å². The molecule has 0 amide bonds. The van der Waals surface area contributed by atoms with Crippen LogP contribution in [0.25, 0.3) is 5.65 Å². The first-order valence-corrected chi connectivity index (χ1v) is 9.46. The first-order valence-electron chi connectivity index (χ1n) is 9.46. The van der Waals surface area contributed by atoms with Crippen LogP contribution in [0.3, 0.4) is 0 Å². The van der Waals surface area contributed by atoms with Crippen LogP contribution in [-0.2, 0) is 13.7 Å². The third kappa shape index (κ3) is 4.88. The van der Waals surface area contributed by atoms with Crippen LogP contribution in [0.5, 0.6) is 5.75 Å². The molecule has 7 heteroatoms. The summed E-state index contributed by atoms with van der Waals surface area (Å²) in [5.74, 6) is 1.50. The third-order valence-corrected chi connectivity index (χ3v) is 4.24. The van der Waals surface area contributed by atoms with Crippen molar-refractivity contribution in [2.45, 2.75) is 20.5 Å². The van der Waals surface area contributed by atoms with Gasteiger partial charge in [0.05, 0.1) is 19.5 Å². The van der Waals surface area contributed by atoms with Gasteiger partial charge in [-0.15, -0.1) is 0 Å². The third-order valence-electron chi connectivity index (χ3n) is 4.24. The van der Waals surface area contributed by atoms with E-state index in [1.165, 1.54) is 0 Å². The van der Waals surface area contributed by atoms with Gasteiger partial charge in [0, 0.05) is 19.2 Å². The summed E-state index contributed by atoms with van der Waals surface area (Å²) < 4.78 is 10.2. The molecule has 2 N–H and O–H groups in total. The zero-order chi connectivity index (χ0) is 19.8. The Morgan fingerprint density at radius 2 is 2.00 bits per heavy atom. The number of ether oxygens (including phenoxy) is 1. The minimum absolute atomic E-state index is 0.507. The van der Waals surface area contributed by atoms with E-state index < -0.39 is 0 Å². The van der Waals surface area contributed by atoms with E-state index in [2.05, 4.69) is 42.1 Å². The molecule has 0 bridgehead atoms. The average Bonchev–Trinajstić information content (AvgIpc) is 3.04. The van der Waals surface area contributed by atoms with Gasteiger partial charge in [0.25, 0.3) is 5.65 Å². The molecule has 0 saturated heterocycles. The van der Waals surface area contributed by atoms with Crippen molar-refractivity contribution in [2.24, 2.45) is 17.1 Å². The fourth-order valence-corrected chi connectivity index (χ4v) is 2.80. The van der Waals surface area contributed by atoms with Crippen molar-refractivity contribution in [3.63, 3.8) is 0 Å². The Morgan fingerprint density at radius 3 is 2.71 bits per heavy atom. The molecule has 2 aromatic heterocycles. The van der Waals surface area contributed by atoms with Gasteiger partial charge in [0.15, 0.2) is 12.3 Å². The smallest absolute Gasteiger partial charge is 0.286 e. The van der Waals surface area contributed by atoms with Gasteiger partial charge < -0.3 is 10.1 Å². The van der Waals surface area contributed by atoms with Gasteiger partial charge in [0.1, 0.15) is 11.9 Å². The van der Waals surface area contributed by atoms with Gasteiger partial charge in [-0.25, -0.2) is 14.4 Å². The zero-order valence-electron chi connectivity index (χ0n) is 16.6. The number of nitrogens with zero attached hydrogens (tertiary/aromatic N) is 4. The van der Waals surface area contributed by atoms with Crippen molar-refractivity contribution in [3.05, 3.63) is 66.1 Å². The van der Waals surface area contributed by atoms with Gasteiger partial charge in [-0.05, 0) is 49.7 Å². The van der Waals surface area contributed by atoms with Gasteiger partial charge in [0.2, 0.25) is 5.96 Å². The second-order valence-corrected chi connectivity index (χ2v) is 6.23. The number of aliphatic imine (C=N–C) groups is 1. The molecule has 0 atom stereocenters. The monoisotopic (exact) mass is 379 g/mol. The summed E-state index contributed by atoms with van der Waals surface area (Å²) in [5, 5.41) is 7.35. The van der Waals surface area contributed by atoms with E-state index in [0.29, 0.717) is 19.1 Å². The summed E-state index contributed by atoms with van der Waals surface area (Å²) in [6.45, 7) is 6.01. The normalized spacial score (nSPS) is 11.9. The number of nitrogens with one attached hydrogen (secondary N) is 2. The molecule has 7 nitrogen and oxygen atoms in total. The number of hydrogen-bond donors (Lipinski definition) is 2. The molecule has 0 radical (unpaired) electrons. The van der Waals surface area contributed by atoms with Crippen molar-refractivity contribution in [1.29, 1.82) is 0 Å². The number of hydrazone groups is 1. The van der Waals surface area contributed by atoms with Crippen LogP contribution in [0.4, 0.5) is 0 Å². The molecule has 1 aromatic carbocycles. The number of aromatic nitrogens is 2. The van der Waals surface area contributed by atoms with E-state index >= 15 is 0 Å². The summed E-state index contributed by atoms with van der Waals surface area (Å²) in [7, 11) is 2.05. The quantitative estimate of drug-likeness (QED) is 0.286. The molecule has 0 fully saturated rings. The number of rotatable bonds is 7. The molecule has 0 spiro atoms. The number of hydrogen-bond acceptors (Lipinski definition) is 3. The van der Waals surface area contributed by atoms with E-state index in [0.717, 1.165) is 29.2 Å². The Balaban J connectivity index is 1.57. The molecule has 3 rings (SSSR count). The summed E-state index contributed by atoms with van der Waals surface area (Å²) in [6, 6.07) is 14.0. The van der Waals surface area contributed by atoms with E-state index in [1.54, 1.807) is 6.21 Å². The number of guanidine groups is 1. The van der Waals surface area contributed by atoms with E-state index in [1.807, 2.05) is 63.5 Å². The Kier molecular flexibility index (Phi) is 6.62. The largest absolute Gasteiger partial charge is 0.485 e. The summed E-state index contributed by atoms with van der Waals surface area (Å²) >= 11 is 0. The lowest BCUT2D eigenvalue weighted by Gasteiger charge is -2.06. The highest BCUT2D eigenvalue weighted by Gasteiger charge is 2.13. The van der Waals surface area contributed by atoms with Crippen LogP contribution in [0.15, 0.2) is 65.0 Å². The second kappa shape index (κ2) is 9.55. The van der Waals surface area contributed by atoms with Crippen LogP contribution in [-0.4, -0.2) is 29.8 Å². The molecular formula is C21H27N6O+. The van der Waals surface area contributed by atoms with Crippen LogP contribution in [0, 0.1) is 0 Å². The fourth-order valence-electron chi connectivity index (χ4n) is 2.80. The van der Waals surface area contributed by atoms with Gasteiger partial charge >= 0.3 is 0 Å². The van der Waals surface area contributed by atoms with Crippen molar-refractivity contribution < 1.29 is 9.14 Å². The first kappa shape index (κ1) is 19.4. The van der Waals surface area contributed by atoms with Crippen molar-refractivity contribution >= 4 is 17.8 Å². The molecule has 0 saturated carbocycles. The minimum Gasteiger partial charge on any atom is -0.485 e. The summed E-state index contributed by atoms with van der Waals surface area (Å²) in [6.07, 6.45) is 5.88. The lowest BCUT2D eigenvalue weighted by atomic mass is 10.2. The van der Waals surface area contributed by atoms with Gasteiger partial charge in [-0.2, -0.15) is 5.10 Å². The van der Waals surface area contributed by atoms with Crippen LogP contribution >= 0.6 is 0 Å². The predicted octanol–water partition coefficient (Wildman–Crippen LogP) is 2.25.